The molecule has 0 radical (unpaired) electrons. The first-order chi connectivity index (χ1) is 10.1. The predicted molar refractivity (Wildman–Crippen MR) is 84.9 cm³/mol. The lowest BCUT2D eigenvalue weighted by atomic mass is 9.68. The molecule has 1 heterocycles. The van der Waals surface area contributed by atoms with Crippen molar-refractivity contribution in [2.45, 2.75) is 50.7 Å². The highest BCUT2D eigenvalue weighted by molar-refractivity contribution is 8.04. The molecule has 4 rings (SSSR count). The van der Waals surface area contributed by atoms with Crippen molar-refractivity contribution < 1.29 is 9.59 Å². The zero-order valence-corrected chi connectivity index (χ0v) is 13.5. The average Bonchev–Trinajstić information content (AvgIpc) is 3.11. The zero-order chi connectivity index (χ0) is 14.8. The Kier molecular flexibility index (Phi) is 2.86. The van der Waals surface area contributed by atoms with Gasteiger partial charge >= 0.3 is 0 Å². The highest BCUT2D eigenvalue weighted by atomic mass is 32.2. The topological polar surface area (TPSA) is 34.1 Å². The van der Waals surface area contributed by atoms with Crippen LogP contribution in [0.15, 0.2) is 23.1 Å². The fourth-order valence-electron chi connectivity index (χ4n) is 5.48. The van der Waals surface area contributed by atoms with Gasteiger partial charge in [-0.3, -0.25) is 9.59 Å². The third kappa shape index (κ3) is 1.37. The normalized spacial score (nSPS) is 46.8. The van der Waals surface area contributed by atoms with Crippen molar-refractivity contribution in [3.05, 3.63) is 23.1 Å². The Bertz CT molecular complexity index is 590. The van der Waals surface area contributed by atoms with Gasteiger partial charge in [-0.15, -0.1) is 11.8 Å². The van der Waals surface area contributed by atoms with Gasteiger partial charge in [-0.05, 0) is 24.2 Å². The molecular weight excluding hydrogens is 280 g/mol. The van der Waals surface area contributed by atoms with Crippen LogP contribution in [0, 0.1) is 23.2 Å². The molecular formula is C18H22O2S. The third-order valence-electron chi connectivity index (χ3n) is 6.42. The summed E-state index contributed by atoms with van der Waals surface area (Å²) in [7, 11) is 0. The van der Waals surface area contributed by atoms with Gasteiger partial charge < -0.3 is 0 Å². The second kappa shape index (κ2) is 4.34. The molecule has 1 aliphatic heterocycles. The van der Waals surface area contributed by atoms with Crippen LogP contribution in [0.3, 0.4) is 0 Å². The number of carbonyl (C=O) groups is 2. The second-order valence-corrected chi connectivity index (χ2v) is 8.28. The molecule has 0 aromatic rings. The minimum absolute atomic E-state index is 0.00276. The molecule has 2 spiro atoms. The second-order valence-electron chi connectivity index (χ2n) is 7.13. The number of thioether (sulfide) groups is 1. The summed E-state index contributed by atoms with van der Waals surface area (Å²) in [5.74, 6) is 1.27. The van der Waals surface area contributed by atoms with Gasteiger partial charge in [0.15, 0.2) is 5.78 Å². The van der Waals surface area contributed by atoms with E-state index >= 15 is 0 Å². The first kappa shape index (κ1) is 13.8. The van der Waals surface area contributed by atoms with Gasteiger partial charge in [0.25, 0.3) is 0 Å². The molecule has 4 aliphatic rings. The number of unbranched alkanes of at least 4 members (excludes halogenated alkanes) is 1. The fourth-order valence-corrected chi connectivity index (χ4v) is 7.12. The van der Waals surface area contributed by atoms with E-state index < -0.39 is 0 Å². The van der Waals surface area contributed by atoms with Crippen LogP contribution in [0.2, 0.25) is 0 Å². The predicted octanol–water partition coefficient (Wildman–Crippen LogP) is 3.92. The van der Waals surface area contributed by atoms with Crippen molar-refractivity contribution >= 4 is 23.3 Å². The Hall–Kier alpha value is -0.830. The first-order valence-corrected chi connectivity index (χ1v) is 9.08. The van der Waals surface area contributed by atoms with Crippen molar-refractivity contribution in [3.63, 3.8) is 0 Å². The van der Waals surface area contributed by atoms with Gasteiger partial charge in [-0.2, -0.15) is 0 Å². The van der Waals surface area contributed by atoms with Gasteiger partial charge in [0.2, 0.25) is 0 Å². The molecule has 112 valence electrons. The lowest BCUT2D eigenvalue weighted by Gasteiger charge is -2.41. The first-order valence-electron chi connectivity index (χ1n) is 8.20. The summed E-state index contributed by atoms with van der Waals surface area (Å²) in [5, 5.41) is 2.13. The number of rotatable bonds is 3. The summed E-state index contributed by atoms with van der Waals surface area (Å²) in [6, 6.07) is 0. The van der Waals surface area contributed by atoms with Crippen LogP contribution in [0.1, 0.15) is 46.0 Å². The number of carbonyl (C=O) groups excluding carboxylic acids is 2. The van der Waals surface area contributed by atoms with E-state index in [1.54, 1.807) is 11.8 Å². The Morgan fingerprint density at radius 1 is 1.33 bits per heavy atom. The van der Waals surface area contributed by atoms with Gasteiger partial charge in [0.1, 0.15) is 5.78 Å². The maximum atomic E-state index is 12.9. The molecule has 21 heavy (non-hydrogen) atoms. The molecule has 0 aromatic heterocycles. The Labute approximate surface area is 130 Å². The smallest absolute Gasteiger partial charge is 0.151 e. The maximum Gasteiger partial charge on any atom is 0.151 e. The van der Waals surface area contributed by atoms with Crippen LogP contribution >= 0.6 is 11.8 Å². The van der Waals surface area contributed by atoms with Crippen molar-refractivity contribution in [1.82, 2.24) is 0 Å². The van der Waals surface area contributed by atoms with E-state index in [0.29, 0.717) is 24.4 Å². The molecule has 3 heteroatoms. The molecule has 3 aliphatic carbocycles. The lowest BCUT2D eigenvalue weighted by Crippen LogP contribution is -2.49. The maximum absolute atomic E-state index is 12.9. The summed E-state index contributed by atoms with van der Waals surface area (Å²) in [6.45, 7) is 4.27. The zero-order valence-electron chi connectivity index (χ0n) is 12.7. The van der Waals surface area contributed by atoms with E-state index in [4.69, 9.17) is 0 Å². The molecule has 0 N–H and O–H groups in total. The van der Waals surface area contributed by atoms with Crippen molar-refractivity contribution in [3.8, 4) is 0 Å². The highest BCUT2D eigenvalue weighted by Gasteiger charge is 2.75. The van der Waals surface area contributed by atoms with Crippen molar-refractivity contribution in [2.75, 3.05) is 0 Å². The van der Waals surface area contributed by atoms with E-state index in [-0.39, 0.29) is 27.9 Å². The number of allylic oxidation sites excluding steroid dienone is 3. The molecule has 5 atom stereocenters. The van der Waals surface area contributed by atoms with Crippen molar-refractivity contribution in [2.24, 2.45) is 23.2 Å². The number of Topliss-reactive ketones (excluding diaryl/α,β-unsaturated/α-hetero) is 2. The minimum atomic E-state index is -0.369. The van der Waals surface area contributed by atoms with Crippen molar-refractivity contribution in [1.29, 1.82) is 0 Å². The standard InChI is InChI=1S/C18H22O2S/c1-3-4-5-12-10-17-11(2)15(19)8-13(17)9-16(20)18(17)14(12)6-7-21-18/h6-7,10-11,13-14H,3-5,8-9H2,1-2H3/t11-,13+,14+,17+,18-/m0/s1. The molecule has 2 saturated carbocycles. The van der Waals surface area contributed by atoms with Gasteiger partial charge in [0, 0.05) is 30.1 Å². The van der Waals surface area contributed by atoms with Crippen LogP contribution in [0.5, 0.6) is 0 Å². The quantitative estimate of drug-likeness (QED) is 0.741. The average molecular weight is 302 g/mol. The highest BCUT2D eigenvalue weighted by Crippen LogP contribution is 2.73. The SMILES string of the molecule is CCCCC1=C[C@]23[C@H](CC(=O)[C@@H]2C)CC(=O)[C@]32SC=C[C@H]12. The molecule has 0 amide bonds. The summed E-state index contributed by atoms with van der Waals surface area (Å²) < 4.78 is -0.369. The lowest BCUT2D eigenvalue weighted by molar-refractivity contribution is -0.124. The minimum Gasteiger partial charge on any atom is -0.299 e. The van der Waals surface area contributed by atoms with Crippen LogP contribution in [-0.4, -0.2) is 16.3 Å². The Balaban J connectivity index is 1.87. The van der Waals surface area contributed by atoms with Crippen LogP contribution in [0.4, 0.5) is 0 Å². The van der Waals surface area contributed by atoms with Gasteiger partial charge in [0.05, 0.1) is 4.75 Å². The van der Waals surface area contributed by atoms with E-state index in [1.165, 1.54) is 18.4 Å². The van der Waals surface area contributed by atoms with Crippen LogP contribution in [-0.2, 0) is 9.59 Å². The van der Waals surface area contributed by atoms with Crippen LogP contribution < -0.4 is 0 Å². The Morgan fingerprint density at radius 2 is 2.14 bits per heavy atom. The van der Waals surface area contributed by atoms with Crippen LogP contribution in [0.25, 0.3) is 0 Å². The number of ketones is 2. The van der Waals surface area contributed by atoms with Gasteiger partial charge in [-0.25, -0.2) is 0 Å². The van der Waals surface area contributed by atoms with E-state index in [2.05, 4.69) is 31.4 Å². The molecule has 2 fully saturated rings. The third-order valence-corrected chi connectivity index (χ3v) is 7.92. The molecule has 0 saturated heterocycles. The summed E-state index contributed by atoms with van der Waals surface area (Å²) in [6.07, 6.45) is 9.28. The summed E-state index contributed by atoms with van der Waals surface area (Å²) in [5.41, 5.74) is 1.24. The summed E-state index contributed by atoms with van der Waals surface area (Å²) in [4.78, 5) is 25.3. The number of hydrogen-bond donors (Lipinski definition) is 0. The van der Waals surface area contributed by atoms with E-state index in [1.807, 2.05) is 0 Å². The molecule has 2 nitrogen and oxygen atoms in total. The summed E-state index contributed by atoms with van der Waals surface area (Å²) >= 11 is 1.71. The van der Waals surface area contributed by atoms with E-state index in [9.17, 15) is 9.59 Å². The molecule has 0 bridgehead atoms. The van der Waals surface area contributed by atoms with Gasteiger partial charge in [-0.1, -0.05) is 38.0 Å². The monoisotopic (exact) mass is 302 g/mol. The molecule has 0 aromatic carbocycles. The number of hydrogen-bond acceptors (Lipinski definition) is 3. The largest absolute Gasteiger partial charge is 0.299 e. The Morgan fingerprint density at radius 3 is 2.90 bits per heavy atom. The fraction of sp³-hybridized carbons (Fsp3) is 0.667. The molecule has 0 unspecified atom stereocenters. The van der Waals surface area contributed by atoms with E-state index in [0.717, 1.165) is 6.42 Å².